The molecule has 1 atom stereocenters. The molecule has 1 heterocycles. The predicted octanol–water partition coefficient (Wildman–Crippen LogP) is 2.29. The molecule has 1 fully saturated rings. The van der Waals surface area contributed by atoms with E-state index in [1.807, 2.05) is 0 Å². The van der Waals surface area contributed by atoms with Crippen LogP contribution in [0.1, 0.15) is 16.8 Å². The van der Waals surface area contributed by atoms with Crippen molar-refractivity contribution in [3.8, 4) is 0 Å². The molecular weight excluding hydrogens is 402 g/mol. The van der Waals surface area contributed by atoms with E-state index in [1.54, 1.807) is 31.3 Å². The van der Waals surface area contributed by atoms with E-state index < -0.39 is 11.2 Å². The third-order valence-corrected chi connectivity index (χ3v) is 5.49. The Morgan fingerprint density at radius 2 is 1.82 bits per heavy atom. The van der Waals surface area contributed by atoms with Crippen LogP contribution in [0, 0.1) is 0 Å². The number of hydrogen-bond acceptors (Lipinski definition) is 6. The average molecular weight is 417 g/mol. The van der Waals surface area contributed by atoms with Crippen LogP contribution in [0.25, 0.3) is 0 Å². The number of nitrogens with one attached hydrogen (secondary N) is 1. The summed E-state index contributed by atoms with van der Waals surface area (Å²) in [5.41, 5.74) is 1.06. The Kier molecular flexibility index (Phi) is 6.01. The number of thioether (sulfide) groups is 1. The Balaban J connectivity index is 1.74. The summed E-state index contributed by atoms with van der Waals surface area (Å²) in [6.07, 6.45) is 0.0315. The summed E-state index contributed by atoms with van der Waals surface area (Å²) in [6, 6.07) is 12.4. The third-order valence-electron chi connectivity index (χ3n) is 4.00. The van der Waals surface area contributed by atoms with Crippen molar-refractivity contribution in [1.29, 1.82) is 0 Å². The van der Waals surface area contributed by atoms with E-state index in [4.69, 9.17) is 11.6 Å². The van der Waals surface area contributed by atoms with Crippen molar-refractivity contribution in [2.75, 3.05) is 12.4 Å². The number of carbonyl (C=O) groups excluding carboxylic acids is 3. The van der Waals surface area contributed by atoms with Gasteiger partial charge in [0.25, 0.3) is 0 Å². The summed E-state index contributed by atoms with van der Waals surface area (Å²) >= 11 is 7.05. The molecule has 144 valence electrons. The largest absolute Gasteiger partial charge is 0.545 e. The van der Waals surface area contributed by atoms with E-state index in [0.717, 1.165) is 0 Å². The standard InChI is InChI=1S/C19H16ClN3O4S/c1-23-16(24)10-15(28-19(23)22-14-8-4-12(20)5-9-14)17(25)21-13-6-2-11(3-7-13)18(26)27/h2-9,15H,10H2,1H3,(H,21,25)(H,26,27)/p-1. The van der Waals surface area contributed by atoms with E-state index in [-0.39, 0.29) is 23.8 Å². The van der Waals surface area contributed by atoms with E-state index in [2.05, 4.69) is 10.3 Å². The minimum absolute atomic E-state index is 0.0132. The number of aliphatic imine (C=N–C) groups is 1. The molecule has 2 amide bonds. The SMILES string of the molecule is CN1C(=O)CC(C(=O)Nc2ccc(C(=O)[O-])cc2)SC1=Nc1ccc(Cl)cc1. The van der Waals surface area contributed by atoms with Crippen LogP contribution in [0.4, 0.5) is 11.4 Å². The first kappa shape index (κ1) is 19.9. The number of benzene rings is 2. The van der Waals surface area contributed by atoms with Gasteiger partial charge in [-0.1, -0.05) is 35.5 Å². The fourth-order valence-electron chi connectivity index (χ4n) is 2.44. The van der Waals surface area contributed by atoms with Crippen molar-refractivity contribution < 1.29 is 19.5 Å². The van der Waals surface area contributed by atoms with E-state index in [1.165, 1.54) is 40.9 Å². The number of aromatic carboxylic acids is 1. The summed E-state index contributed by atoms with van der Waals surface area (Å²) in [4.78, 5) is 41.5. The highest BCUT2D eigenvalue weighted by Crippen LogP contribution is 2.29. The maximum atomic E-state index is 12.6. The van der Waals surface area contributed by atoms with E-state index in [0.29, 0.717) is 21.6 Å². The number of halogens is 1. The topological polar surface area (TPSA) is 102 Å². The number of amidine groups is 1. The smallest absolute Gasteiger partial charge is 0.238 e. The van der Waals surface area contributed by atoms with Gasteiger partial charge in [-0.3, -0.25) is 14.5 Å². The molecule has 1 saturated heterocycles. The zero-order valence-corrected chi connectivity index (χ0v) is 16.3. The highest BCUT2D eigenvalue weighted by molar-refractivity contribution is 8.15. The Hall–Kier alpha value is -2.84. The van der Waals surface area contributed by atoms with Gasteiger partial charge in [0, 0.05) is 24.2 Å². The number of carbonyl (C=O) groups is 3. The minimum atomic E-state index is -1.29. The molecule has 9 heteroatoms. The molecule has 0 radical (unpaired) electrons. The van der Waals surface area contributed by atoms with Crippen LogP contribution < -0.4 is 10.4 Å². The Labute approximate surface area is 170 Å². The second-order valence-corrected chi connectivity index (χ2v) is 7.59. The first-order valence-electron chi connectivity index (χ1n) is 8.23. The molecule has 7 nitrogen and oxygen atoms in total. The number of carboxylic acids is 1. The molecule has 1 aliphatic rings. The van der Waals surface area contributed by atoms with Gasteiger partial charge in [-0.25, -0.2) is 4.99 Å². The van der Waals surface area contributed by atoms with Gasteiger partial charge >= 0.3 is 0 Å². The number of nitrogens with zero attached hydrogens (tertiary/aromatic N) is 2. The molecule has 0 aromatic heterocycles. The summed E-state index contributed by atoms with van der Waals surface area (Å²) in [5.74, 6) is -1.88. The monoisotopic (exact) mass is 416 g/mol. The molecule has 28 heavy (non-hydrogen) atoms. The minimum Gasteiger partial charge on any atom is -0.545 e. The molecule has 2 aromatic carbocycles. The predicted molar refractivity (Wildman–Crippen MR) is 107 cm³/mol. The molecule has 0 aliphatic carbocycles. The van der Waals surface area contributed by atoms with Gasteiger partial charge in [-0.2, -0.15) is 0 Å². The zero-order chi connectivity index (χ0) is 20.3. The van der Waals surface area contributed by atoms with Crippen molar-refractivity contribution in [1.82, 2.24) is 4.90 Å². The Bertz CT molecular complexity index is 945. The summed E-state index contributed by atoms with van der Waals surface area (Å²) < 4.78 is 0. The van der Waals surface area contributed by atoms with Crippen LogP contribution in [0.15, 0.2) is 53.5 Å². The van der Waals surface area contributed by atoms with Crippen molar-refractivity contribution in [2.24, 2.45) is 4.99 Å². The molecule has 0 bridgehead atoms. The van der Waals surface area contributed by atoms with Gasteiger partial charge in [-0.15, -0.1) is 0 Å². The molecule has 0 spiro atoms. The third kappa shape index (κ3) is 4.71. The van der Waals surface area contributed by atoms with Gasteiger partial charge in [-0.05, 0) is 42.0 Å². The lowest BCUT2D eigenvalue weighted by Gasteiger charge is -2.28. The van der Waals surface area contributed by atoms with Crippen LogP contribution >= 0.6 is 23.4 Å². The molecule has 1 unspecified atom stereocenters. The second kappa shape index (κ2) is 8.45. The van der Waals surface area contributed by atoms with Crippen LogP contribution in [0.2, 0.25) is 5.02 Å². The number of hydrogen-bond donors (Lipinski definition) is 1. The van der Waals surface area contributed by atoms with E-state index >= 15 is 0 Å². The quantitative estimate of drug-likeness (QED) is 0.823. The number of rotatable bonds is 4. The molecule has 3 rings (SSSR count). The highest BCUT2D eigenvalue weighted by atomic mass is 35.5. The van der Waals surface area contributed by atoms with Gasteiger partial charge in [0.15, 0.2) is 5.17 Å². The Morgan fingerprint density at radius 3 is 2.43 bits per heavy atom. The maximum absolute atomic E-state index is 12.6. The average Bonchev–Trinajstić information content (AvgIpc) is 2.67. The maximum Gasteiger partial charge on any atom is 0.238 e. The summed E-state index contributed by atoms with van der Waals surface area (Å²) in [5, 5.41) is 13.8. The lowest BCUT2D eigenvalue weighted by molar-refractivity contribution is -0.255. The van der Waals surface area contributed by atoms with Crippen LogP contribution in [0.5, 0.6) is 0 Å². The fraction of sp³-hybridized carbons (Fsp3) is 0.158. The van der Waals surface area contributed by atoms with Gasteiger partial charge in [0.05, 0.1) is 11.7 Å². The lowest BCUT2D eigenvalue weighted by atomic mass is 10.2. The summed E-state index contributed by atoms with van der Waals surface area (Å²) in [6.45, 7) is 0. The summed E-state index contributed by atoms with van der Waals surface area (Å²) in [7, 11) is 1.61. The van der Waals surface area contributed by atoms with E-state index in [9.17, 15) is 19.5 Å². The fourth-order valence-corrected chi connectivity index (χ4v) is 3.63. The van der Waals surface area contributed by atoms with Crippen LogP contribution in [-0.4, -0.2) is 40.1 Å². The van der Waals surface area contributed by atoms with Crippen LogP contribution in [0.3, 0.4) is 0 Å². The van der Waals surface area contributed by atoms with Crippen molar-refractivity contribution in [3.63, 3.8) is 0 Å². The first-order valence-corrected chi connectivity index (χ1v) is 9.49. The van der Waals surface area contributed by atoms with Gasteiger partial charge < -0.3 is 15.2 Å². The molecule has 1 aliphatic heterocycles. The molecule has 1 N–H and O–H groups in total. The first-order chi connectivity index (χ1) is 13.3. The number of amides is 2. The number of carboxylic acid groups (broad SMARTS) is 1. The highest BCUT2D eigenvalue weighted by Gasteiger charge is 2.34. The zero-order valence-electron chi connectivity index (χ0n) is 14.7. The van der Waals surface area contributed by atoms with Crippen molar-refractivity contribution in [3.05, 3.63) is 59.1 Å². The lowest BCUT2D eigenvalue weighted by Crippen LogP contribution is -2.43. The van der Waals surface area contributed by atoms with Crippen LogP contribution in [-0.2, 0) is 9.59 Å². The molecular formula is C19H15ClN3O4S-. The second-order valence-electron chi connectivity index (χ2n) is 5.99. The van der Waals surface area contributed by atoms with Gasteiger partial charge in [0.1, 0.15) is 5.25 Å². The van der Waals surface area contributed by atoms with Gasteiger partial charge in [0.2, 0.25) is 11.8 Å². The molecule has 0 saturated carbocycles. The van der Waals surface area contributed by atoms with Crippen molar-refractivity contribution in [2.45, 2.75) is 11.7 Å². The Morgan fingerprint density at radius 1 is 1.18 bits per heavy atom. The van der Waals surface area contributed by atoms with Crippen molar-refractivity contribution >= 4 is 57.7 Å². The number of anilines is 1. The molecule has 2 aromatic rings. The normalized spacial score (nSPS) is 18.2.